The first-order chi connectivity index (χ1) is 14.7. The van der Waals surface area contributed by atoms with Crippen molar-refractivity contribution in [1.29, 1.82) is 0 Å². The highest BCUT2D eigenvalue weighted by Gasteiger charge is 2.23. The molecule has 0 bridgehead atoms. The van der Waals surface area contributed by atoms with Crippen LogP contribution in [0, 0.1) is 0 Å². The summed E-state index contributed by atoms with van der Waals surface area (Å²) in [5, 5.41) is 10.8. The summed E-state index contributed by atoms with van der Waals surface area (Å²) in [6.45, 7) is 1.09. The Balaban J connectivity index is 1.23. The second kappa shape index (κ2) is 7.75. The monoisotopic (exact) mass is 418 g/mol. The predicted molar refractivity (Wildman–Crippen MR) is 114 cm³/mol. The van der Waals surface area contributed by atoms with Crippen LogP contribution < -0.4 is 5.73 Å². The molecule has 3 heterocycles. The van der Waals surface area contributed by atoms with Crippen LogP contribution in [0.2, 0.25) is 0 Å². The van der Waals surface area contributed by atoms with E-state index in [0.29, 0.717) is 30.6 Å². The average Bonchev–Trinajstić information content (AvgIpc) is 3.26. The number of rotatable bonds is 4. The molecule has 30 heavy (non-hydrogen) atoms. The van der Waals surface area contributed by atoms with Crippen molar-refractivity contribution in [3.8, 4) is 11.5 Å². The lowest BCUT2D eigenvalue weighted by Gasteiger charge is -2.27. The van der Waals surface area contributed by atoms with Gasteiger partial charge in [-0.15, -0.1) is 10.2 Å². The molecule has 5 rings (SSSR count). The Morgan fingerprint density at radius 3 is 2.93 bits per heavy atom. The number of nitrogen functional groups attached to an aromatic ring is 1. The van der Waals surface area contributed by atoms with Crippen LogP contribution in [-0.2, 0) is 17.8 Å². The number of hydrogen-bond donors (Lipinski definition) is 1. The second-order valence-corrected chi connectivity index (χ2v) is 7.92. The summed E-state index contributed by atoms with van der Waals surface area (Å²) in [4.78, 5) is 22.7. The molecule has 2 aromatic carbocycles. The lowest BCUT2D eigenvalue weighted by Crippen LogP contribution is -2.37. The van der Waals surface area contributed by atoms with Gasteiger partial charge >= 0.3 is 0 Å². The van der Waals surface area contributed by atoms with Crippen molar-refractivity contribution in [2.24, 2.45) is 0 Å². The number of carbonyl (C=O) groups is 1. The van der Waals surface area contributed by atoms with Gasteiger partial charge in [0.15, 0.2) is 0 Å². The summed E-state index contributed by atoms with van der Waals surface area (Å²) in [6.07, 6.45) is 2.36. The Hall–Kier alpha value is -3.46. The van der Waals surface area contributed by atoms with Gasteiger partial charge in [-0.3, -0.25) is 4.79 Å². The van der Waals surface area contributed by atoms with E-state index in [0.717, 1.165) is 27.6 Å². The third kappa shape index (κ3) is 3.71. The molecule has 8 nitrogen and oxygen atoms in total. The molecular formula is C21H18N6O2S. The molecule has 0 unspecified atom stereocenters. The highest BCUT2D eigenvalue weighted by atomic mass is 32.2. The zero-order valence-corrected chi connectivity index (χ0v) is 16.8. The standard InChI is InChI=1S/C21H18N6O2S/c22-20-23-10-16-11-27(8-7-17(16)24-20)18(28)12-30-21-26-25-19(29-21)15-6-5-13-3-1-2-4-14(13)9-15/h1-6,9-10H,7-8,11-12H2,(H2,22,23,24). The number of fused-ring (bicyclic) bond motifs is 2. The fourth-order valence-electron chi connectivity index (χ4n) is 3.47. The second-order valence-electron chi connectivity index (χ2n) is 6.99. The highest BCUT2D eigenvalue weighted by molar-refractivity contribution is 7.99. The number of aromatic nitrogens is 4. The molecule has 2 N–H and O–H groups in total. The van der Waals surface area contributed by atoms with Gasteiger partial charge < -0.3 is 15.1 Å². The average molecular weight is 418 g/mol. The first-order valence-electron chi connectivity index (χ1n) is 9.49. The van der Waals surface area contributed by atoms with Crippen molar-refractivity contribution in [3.63, 3.8) is 0 Å². The number of thioether (sulfide) groups is 1. The van der Waals surface area contributed by atoms with Crippen LogP contribution in [-0.4, -0.2) is 43.3 Å². The minimum atomic E-state index is 0.00734. The van der Waals surface area contributed by atoms with Crippen molar-refractivity contribution in [3.05, 3.63) is 59.9 Å². The van der Waals surface area contributed by atoms with Crippen LogP contribution in [0.5, 0.6) is 0 Å². The predicted octanol–water partition coefficient (Wildman–Crippen LogP) is 2.94. The molecule has 1 aliphatic heterocycles. The number of amides is 1. The van der Waals surface area contributed by atoms with E-state index < -0.39 is 0 Å². The highest BCUT2D eigenvalue weighted by Crippen LogP contribution is 2.27. The SMILES string of the molecule is Nc1ncc2c(n1)CCN(C(=O)CSc1nnc(-c3ccc4ccccc4c3)o1)C2. The van der Waals surface area contributed by atoms with Crippen LogP contribution in [0.4, 0.5) is 5.95 Å². The Kier molecular flexibility index (Phi) is 4.80. The first-order valence-corrected chi connectivity index (χ1v) is 10.5. The zero-order chi connectivity index (χ0) is 20.5. The van der Waals surface area contributed by atoms with Gasteiger partial charge in [0, 0.05) is 36.8 Å². The van der Waals surface area contributed by atoms with Gasteiger partial charge in [0.1, 0.15) is 0 Å². The van der Waals surface area contributed by atoms with Gasteiger partial charge in [0.05, 0.1) is 11.4 Å². The Labute approximate surface area is 176 Å². The number of anilines is 1. The molecule has 0 saturated heterocycles. The number of nitrogens with two attached hydrogens (primary N) is 1. The third-order valence-electron chi connectivity index (χ3n) is 5.03. The summed E-state index contributed by atoms with van der Waals surface area (Å²) >= 11 is 1.24. The third-order valence-corrected chi connectivity index (χ3v) is 5.83. The molecule has 150 valence electrons. The number of benzene rings is 2. The minimum Gasteiger partial charge on any atom is -0.411 e. The van der Waals surface area contributed by atoms with Crippen LogP contribution >= 0.6 is 11.8 Å². The van der Waals surface area contributed by atoms with Gasteiger partial charge in [0.25, 0.3) is 5.22 Å². The number of hydrogen-bond acceptors (Lipinski definition) is 8. The molecule has 4 aromatic rings. The molecule has 0 spiro atoms. The van der Waals surface area contributed by atoms with Gasteiger partial charge in [-0.25, -0.2) is 9.97 Å². The summed E-state index contributed by atoms with van der Waals surface area (Å²) in [5.41, 5.74) is 8.33. The number of nitrogens with zero attached hydrogens (tertiary/aromatic N) is 5. The van der Waals surface area contributed by atoms with Crippen LogP contribution in [0.25, 0.3) is 22.2 Å². The lowest BCUT2D eigenvalue weighted by molar-refractivity contribution is -0.129. The van der Waals surface area contributed by atoms with Crippen molar-refractivity contribution >= 4 is 34.4 Å². The van der Waals surface area contributed by atoms with E-state index in [1.165, 1.54) is 11.8 Å². The molecule has 0 fully saturated rings. The van der Waals surface area contributed by atoms with Gasteiger partial charge in [-0.05, 0) is 22.9 Å². The molecule has 1 aliphatic rings. The van der Waals surface area contributed by atoms with Crippen LogP contribution in [0.3, 0.4) is 0 Å². The summed E-state index contributed by atoms with van der Waals surface area (Å²) in [6, 6.07) is 14.1. The topological polar surface area (TPSA) is 111 Å². The summed E-state index contributed by atoms with van der Waals surface area (Å²) in [5.74, 6) is 0.942. The minimum absolute atomic E-state index is 0.00734. The van der Waals surface area contributed by atoms with E-state index in [-0.39, 0.29) is 17.6 Å². The molecule has 0 saturated carbocycles. The summed E-state index contributed by atoms with van der Waals surface area (Å²) < 4.78 is 5.76. The zero-order valence-electron chi connectivity index (χ0n) is 16.0. The van der Waals surface area contributed by atoms with Gasteiger partial charge in [-0.1, -0.05) is 42.1 Å². The van der Waals surface area contributed by atoms with Crippen molar-refractivity contribution < 1.29 is 9.21 Å². The Morgan fingerprint density at radius 2 is 2.03 bits per heavy atom. The van der Waals surface area contributed by atoms with E-state index in [1.807, 2.05) is 36.4 Å². The van der Waals surface area contributed by atoms with Crippen molar-refractivity contribution in [2.75, 3.05) is 18.0 Å². The molecule has 1 amide bonds. The largest absolute Gasteiger partial charge is 0.411 e. The lowest BCUT2D eigenvalue weighted by atomic mass is 10.1. The maximum absolute atomic E-state index is 12.6. The first kappa shape index (κ1) is 18.6. The maximum atomic E-state index is 12.6. The molecule has 0 atom stereocenters. The fraction of sp³-hybridized carbons (Fsp3) is 0.190. The van der Waals surface area contributed by atoms with Crippen LogP contribution in [0.1, 0.15) is 11.3 Å². The molecule has 0 radical (unpaired) electrons. The van der Waals surface area contributed by atoms with Crippen LogP contribution in [0.15, 0.2) is 58.3 Å². The van der Waals surface area contributed by atoms with E-state index in [1.54, 1.807) is 11.1 Å². The smallest absolute Gasteiger partial charge is 0.277 e. The molecular weight excluding hydrogens is 400 g/mol. The van der Waals surface area contributed by atoms with Gasteiger partial charge in [0.2, 0.25) is 17.7 Å². The Morgan fingerprint density at radius 1 is 1.17 bits per heavy atom. The summed E-state index contributed by atoms with van der Waals surface area (Å²) in [7, 11) is 0. The van der Waals surface area contributed by atoms with Crippen molar-refractivity contribution in [2.45, 2.75) is 18.2 Å². The number of carbonyl (C=O) groups excluding carboxylic acids is 1. The van der Waals surface area contributed by atoms with E-state index >= 15 is 0 Å². The van der Waals surface area contributed by atoms with Gasteiger partial charge in [-0.2, -0.15) is 0 Å². The quantitative estimate of drug-likeness (QED) is 0.504. The van der Waals surface area contributed by atoms with E-state index in [4.69, 9.17) is 10.2 Å². The molecule has 9 heteroatoms. The fourth-order valence-corrected chi connectivity index (χ4v) is 4.13. The van der Waals surface area contributed by atoms with E-state index in [2.05, 4.69) is 26.2 Å². The molecule has 0 aliphatic carbocycles. The normalized spacial score (nSPS) is 13.4. The maximum Gasteiger partial charge on any atom is 0.277 e. The van der Waals surface area contributed by atoms with Crippen molar-refractivity contribution in [1.82, 2.24) is 25.1 Å². The molecule has 2 aromatic heterocycles. The Bertz CT molecular complexity index is 1240. The van der Waals surface area contributed by atoms with E-state index in [9.17, 15) is 4.79 Å².